The maximum absolute atomic E-state index is 13.6. The molecule has 0 spiro atoms. The number of anilines is 3. The summed E-state index contributed by atoms with van der Waals surface area (Å²) in [6.45, 7) is 12.6. The minimum Gasteiger partial charge on any atom is -0.366 e. The fraction of sp³-hybridized carbons (Fsp3) is 0.294. The number of carbonyl (C=O) groups excluding carboxylic acids is 1. The normalized spacial score (nSPS) is 13.4. The molecule has 0 radical (unpaired) electrons. The summed E-state index contributed by atoms with van der Waals surface area (Å²) >= 11 is 0. The number of hydrogen-bond acceptors (Lipinski definition) is 6. The molecule has 1 aliphatic rings. The molecule has 1 aliphatic heterocycles. The number of benzene rings is 3. The highest BCUT2D eigenvalue weighted by Crippen LogP contribution is 2.34. The first-order valence-electron chi connectivity index (χ1n) is 14.6. The molecule has 0 saturated carbocycles. The zero-order valence-electron chi connectivity index (χ0n) is 26.3. The van der Waals surface area contributed by atoms with Crippen molar-refractivity contribution in [3.05, 3.63) is 107 Å². The van der Waals surface area contributed by atoms with Gasteiger partial charge in [0.2, 0.25) is 10.0 Å². The first-order chi connectivity index (χ1) is 20.7. The largest absolute Gasteiger partial charge is 0.366 e. The lowest BCUT2D eigenvalue weighted by Gasteiger charge is -2.24. The van der Waals surface area contributed by atoms with Gasteiger partial charge in [0.25, 0.3) is 5.91 Å². The number of sulfonamides is 1. The Balaban J connectivity index is 1.43. The lowest BCUT2D eigenvalue weighted by Crippen LogP contribution is -2.22. The Morgan fingerprint density at radius 1 is 1.02 bits per heavy atom. The smallest absolute Gasteiger partial charge is 0.255 e. The molecule has 10 heteroatoms. The number of carbonyl (C=O) groups is 1. The second-order valence-corrected chi connectivity index (χ2v) is 14.0. The molecule has 3 N–H and O–H groups in total. The van der Waals surface area contributed by atoms with Gasteiger partial charge in [-0.3, -0.25) is 9.52 Å². The van der Waals surface area contributed by atoms with E-state index in [0.29, 0.717) is 29.2 Å². The van der Waals surface area contributed by atoms with Crippen LogP contribution in [0.5, 0.6) is 0 Å². The maximum atomic E-state index is 13.6. The van der Waals surface area contributed by atoms with E-state index in [9.17, 15) is 13.2 Å². The second kappa shape index (κ2) is 11.8. The highest BCUT2D eigenvalue weighted by atomic mass is 32.2. The minimum absolute atomic E-state index is 0.264. The number of nitrogens with zero attached hydrogens (tertiary/aromatic N) is 3. The van der Waals surface area contributed by atoms with Gasteiger partial charge in [-0.1, -0.05) is 52.0 Å². The molecule has 9 nitrogen and oxygen atoms in total. The number of para-hydroxylation sites is 1. The van der Waals surface area contributed by atoms with Crippen LogP contribution in [0.2, 0.25) is 0 Å². The quantitative estimate of drug-likeness (QED) is 0.214. The van der Waals surface area contributed by atoms with Gasteiger partial charge in [0.1, 0.15) is 0 Å². The van der Waals surface area contributed by atoms with E-state index >= 15 is 0 Å². The Morgan fingerprint density at radius 3 is 2.39 bits per heavy atom. The summed E-state index contributed by atoms with van der Waals surface area (Å²) in [5.74, 6) is -0.278. The van der Waals surface area contributed by atoms with Crippen molar-refractivity contribution < 1.29 is 13.2 Å². The molecular formula is C34H40N6O3S. The van der Waals surface area contributed by atoms with Crippen molar-refractivity contribution in [3.8, 4) is 5.69 Å². The highest BCUT2D eigenvalue weighted by Gasteiger charge is 2.23. The van der Waals surface area contributed by atoms with Crippen LogP contribution in [0.4, 0.5) is 17.1 Å². The summed E-state index contributed by atoms with van der Waals surface area (Å²) in [6, 6.07) is 19.5. The van der Waals surface area contributed by atoms with Gasteiger partial charge in [0, 0.05) is 28.7 Å². The van der Waals surface area contributed by atoms with Crippen molar-refractivity contribution >= 4 is 38.7 Å². The fourth-order valence-electron chi connectivity index (χ4n) is 5.31. The summed E-state index contributed by atoms with van der Waals surface area (Å²) in [5, 5.41) is 11.2. The number of amides is 1. The van der Waals surface area contributed by atoms with Crippen molar-refractivity contribution in [3.63, 3.8) is 0 Å². The molecule has 230 valence electrons. The van der Waals surface area contributed by atoms with Crippen LogP contribution in [0.1, 0.15) is 66.0 Å². The monoisotopic (exact) mass is 612 g/mol. The van der Waals surface area contributed by atoms with Gasteiger partial charge in [-0.05, 0) is 78.8 Å². The number of nitrogens with one attached hydrogen (secondary N) is 3. The fourth-order valence-corrected chi connectivity index (χ4v) is 5.92. The third-order valence-electron chi connectivity index (χ3n) is 7.82. The van der Waals surface area contributed by atoms with Gasteiger partial charge in [0.05, 0.1) is 41.9 Å². The minimum atomic E-state index is -3.51. The zero-order chi connectivity index (χ0) is 31.8. The molecule has 0 aliphatic carbocycles. The first-order valence-corrected chi connectivity index (χ1v) is 16.5. The van der Waals surface area contributed by atoms with Crippen LogP contribution in [-0.2, 0) is 21.9 Å². The number of hydrogen-bond donors (Lipinski definition) is 3. The highest BCUT2D eigenvalue weighted by molar-refractivity contribution is 7.92. The van der Waals surface area contributed by atoms with E-state index in [4.69, 9.17) is 0 Å². The van der Waals surface area contributed by atoms with Crippen LogP contribution in [-0.4, -0.2) is 37.0 Å². The molecule has 3 aromatic carbocycles. The average Bonchev–Trinajstić information content (AvgIpc) is 3.62. The van der Waals surface area contributed by atoms with Crippen molar-refractivity contribution in [2.24, 2.45) is 0 Å². The molecule has 1 aromatic heterocycles. The Morgan fingerprint density at radius 2 is 1.73 bits per heavy atom. The van der Waals surface area contributed by atoms with E-state index in [1.807, 2.05) is 93.2 Å². The molecule has 5 rings (SSSR count). The van der Waals surface area contributed by atoms with Gasteiger partial charge < -0.3 is 15.5 Å². The topological polar surface area (TPSA) is 108 Å². The average molecular weight is 613 g/mol. The summed E-state index contributed by atoms with van der Waals surface area (Å²) in [6.07, 6.45) is 5.89. The van der Waals surface area contributed by atoms with E-state index in [0.717, 1.165) is 52.1 Å². The lowest BCUT2D eigenvalue weighted by atomic mass is 9.85. The predicted octanol–water partition coefficient (Wildman–Crippen LogP) is 6.34. The van der Waals surface area contributed by atoms with Crippen LogP contribution in [0.3, 0.4) is 0 Å². The summed E-state index contributed by atoms with van der Waals surface area (Å²) in [7, 11) is -3.51. The van der Waals surface area contributed by atoms with E-state index in [2.05, 4.69) is 38.5 Å². The van der Waals surface area contributed by atoms with Crippen LogP contribution in [0.15, 0.2) is 73.1 Å². The SMILES string of the molecule is CCc1c(C2=CN(c3cc(C(=O)Nc4cc(C(C)(C)C)cc(NS(C)(=O)=O)c4C)ccc3C)CN2)cnn1-c1ccccc1. The van der Waals surface area contributed by atoms with E-state index in [1.165, 1.54) is 0 Å². The third-order valence-corrected chi connectivity index (χ3v) is 8.41. The van der Waals surface area contributed by atoms with Gasteiger partial charge in [-0.15, -0.1) is 0 Å². The molecule has 2 heterocycles. The number of aryl methyl sites for hydroxylation is 1. The second-order valence-electron chi connectivity index (χ2n) is 12.2. The first kappa shape index (κ1) is 30.9. The molecule has 0 saturated heterocycles. The van der Waals surface area contributed by atoms with Gasteiger partial charge in [0.15, 0.2) is 0 Å². The lowest BCUT2D eigenvalue weighted by molar-refractivity contribution is 0.102. The summed E-state index contributed by atoms with van der Waals surface area (Å²) in [5.41, 5.74) is 8.86. The Kier molecular flexibility index (Phi) is 8.31. The van der Waals surface area contributed by atoms with Gasteiger partial charge >= 0.3 is 0 Å². The van der Waals surface area contributed by atoms with Gasteiger partial charge in [-0.25, -0.2) is 13.1 Å². The zero-order valence-corrected chi connectivity index (χ0v) is 27.1. The van der Waals surface area contributed by atoms with E-state index in [1.54, 1.807) is 13.0 Å². The molecule has 1 amide bonds. The van der Waals surface area contributed by atoms with Crippen LogP contribution in [0, 0.1) is 13.8 Å². The molecule has 0 unspecified atom stereocenters. The maximum Gasteiger partial charge on any atom is 0.255 e. The van der Waals surface area contributed by atoms with Gasteiger partial charge in [-0.2, -0.15) is 5.10 Å². The van der Waals surface area contributed by atoms with Crippen LogP contribution in [0.25, 0.3) is 11.4 Å². The molecule has 0 bridgehead atoms. The molecule has 44 heavy (non-hydrogen) atoms. The van der Waals surface area contributed by atoms with E-state index in [-0.39, 0.29) is 11.3 Å². The Labute approximate surface area is 260 Å². The van der Waals surface area contributed by atoms with Crippen molar-refractivity contribution in [2.45, 2.75) is 53.4 Å². The summed E-state index contributed by atoms with van der Waals surface area (Å²) < 4.78 is 28.7. The summed E-state index contributed by atoms with van der Waals surface area (Å²) in [4.78, 5) is 15.7. The Hall–Kier alpha value is -4.57. The molecular weight excluding hydrogens is 572 g/mol. The molecule has 4 aromatic rings. The number of rotatable bonds is 8. The van der Waals surface area contributed by atoms with Crippen LogP contribution >= 0.6 is 0 Å². The van der Waals surface area contributed by atoms with Crippen LogP contribution < -0.4 is 20.3 Å². The predicted molar refractivity (Wildman–Crippen MR) is 179 cm³/mol. The van der Waals surface area contributed by atoms with Crippen molar-refractivity contribution in [2.75, 3.05) is 27.9 Å². The van der Waals surface area contributed by atoms with E-state index < -0.39 is 10.0 Å². The molecule has 0 fully saturated rings. The molecule has 0 atom stereocenters. The number of aromatic nitrogens is 2. The van der Waals surface area contributed by atoms with Crippen molar-refractivity contribution in [1.82, 2.24) is 15.1 Å². The third kappa shape index (κ3) is 6.50. The van der Waals surface area contributed by atoms with Crippen molar-refractivity contribution in [1.29, 1.82) is 0 Å². The standard InChI is InChI=1S/C34H40N6O3S/c1-8-31-27(19-36-40(31)26-12-10-9-11-13-26)30-20-39(21-35-30)32-16-24(15-14-22(32)2)33(41)37-28-17-25(34(4,5)6)18-29(23(28)3)38-44(7,42)43/h9-20,35,38H,8,21H2,1-7H3,(H,37,41). The Bertz CT molecular complexity index is 1850.